The summed E-state index contributed by atoms with van der Waals surface area (Å²) in [5, 5.41) is 13.5. The lowest BCUT2D eigenvalue weighted by Crippen LogP contribution is -2.28. The number of nitrogens with one attached hydrogen (secondary N) is 1. The minimum atomic E-state index is -0.241. The molecule has 1 aliphatic rings. The van der Waals surface area contributed by atoms with Gasteiger partial charge in [-0.2, -0.15) is 0 Å². The number of fused-ring (bicyclic) bond motifs is 4. The normalized spacial score (nSPS) is 15.5. The van der Waals surface area contributed by atoms with E-state index < -0.39 is 0 Å². The largest absolute Gasteiger partial charge is 0.506 e. The highest BCUT2D eigenvalue weighted by atomic mass is 35.5. The van der Waals surface area contributed by atoms with Crippen LogP contribution < -0.4 is 5.56 Å². The van der Waals surface area contributed by atoms with Gasteiger partial charge in [0.15, 0.2) is 5.78 Å². The summed E-state index contributed by atoms with van der Waals surface area (Å²) in [5.41, 5.74) is 3.72. The van der Waals surface area contributed by atoms with Gasteiger partial charge in [0, 0.05) is 40.2 Å². The molecule has 0 aliphatic heterocycles. The van der Waals surface area contributed by atoms with Crippen molar-refractivity contribution in [1.82, 2.24) is 9.55 Å². The minimum Gasteiger partial charge on any atom is -0.506 e. The summed E-state index contributed by atoms with van der Waals surface area (Å²) in [4.78, 5) is 28.2. The molecule has 2 heterocycles. The molecular formula is C25H22Cl2N2O3. The summed E-state index contributed by atoms with van der Waals surface area (Å²) in [5.74, 6) is 0.0374. The molecule has 164 valence electrons. The third-order valence-electron chi connectivity index (χ3n) is 6.34. The molecule has 0 radical (unpaired) electrons. The molecule has 0 saturated heterocycles. The van der Waals surface area contributed by atoms with Crippen LogP contribution in [0, 0.1) is 12.3 Å². The van der Waals surface area contributed by atoms with Crippen molar-refractivity contribution in [2.45, 2.75) is 40.2 Å². The first kappa shape index (κ1) is 21.1. The molecule has 5 rings (SSSR count). The van der Waals surface area contributed by atoms with Crippen LogP contribution in [0.5, 0.6) is 5.75 Å². The van der Waals surface area contributed by atoms with E-state index in [1.165, 1.54) is 6.07 Å². The van der Waals surface area contributed by atoms with Crippen LogP contribution in [0.4, 0.5) is 0 Å². The van der Waals surface area contributed by atoms with Gasteiger partial charge in [-0.25, -0.2) is 0 Å². The van der Waals surface area contributed by atoms with Gasteiger partial charge in [-0.15, -0.1) is 0 Å². The van der Waals surface area contributed by atoms with Crippen molar-refractivity contribution in [1.29, 1.82) is 0 Å². The highest BCUT2D eigenvalue weighted by molar-refractivity contribution is 6.35. The molecule has 0 unspecified atom stereocenters. The van der Waals surface area contributed by atoms with Gasteiger partial charge < -0.3 is 14.7 Å². The van der Waals surface area contributed by atoms with E-state index in [1.54, 1.807) is 19.1 Å². The van der Waals surface area contributed by atoms with Gasteiger partial charge >= 0.3 is 0 Å². The third kappa shape index (κ3) is 3.23. The third-order valence-corrected chi connectivity index (χ3v) is 6.93. The molecule has 2 aromatic carbocycles. The van der Waals surface area contributed by atoms with Gasteiger partial charge in [0.1, 0.15) is 5.75 Å². The molecule has 5 nitrogen and oxygen atoms in total. The number of halogens is 2. The summed E-state index contributed by atoms with van der Waals surface area (Å²) in [6.45, 7) is 6.34. The van der Waals surface area contributed by atoms with Gasteiger partial charge in [0.2, 0.25) is 5.56 Å². The Hall–Kier alpha value is -2.76. The van der Waals surface area contributed by atoms with Crippen LogP contribution >= 0.6 is 23.2 Å². The van der Waals surface area contributed by atoms with Crippen molar-refractivity contribution in [2.24, 2.45) is 5.41 Å². The molecule has 0 saturated carbocycles. The Morgan fingerprint density at radius 3 is 2.56 bits per heavy atom. The van der Waals surface area contributed by atoms with Crippen molar-refractivity contribution < 1.29 is 9.90 Å². The minimum absolute atomic E-state index is 0.0129. The second-order valence-corrected chi connectivity index (χ2v) is 10.3. The van der Waals surface area contributed by atoms with Gasteiger partial charge in [0.25, 0.3) is 0 Å². The fourth-order valence-corrected chi connectivity index (χ4v) is 5.47. The lowest BCUT2D eigenvalue weighted by Gasteiger charge is -2.30. The van der Waals surface area contributed by atoms with Crippen LogP contribution in [0.2, 0.25) is 10.0 Å². The number of hydrogen-bond donors (Lipinski definition) is 2. The van der Waals surface area contributed by atoms with Crippen LogP contribution in [0.1, 0.15) is 47.4 Å². The molecule has 2 aromatic heterocycles. The molecule has 0 atom stereocenters. The Kier molecular flexibility index (Phi) is 4.70. The number of hydrogen-bond acceptors (Lipinski definition) is 3. The molecule has 4 aromatic rings. The average Bonchev–Trinajstić information content (AvgIpc) is 2.96. The van der Waals surface area contributed by atoms with E-state index in [9.17, 15) is 14.7 Å². The number of phenolic OH excluding ortho intramolecular Hbond substituents is 1. The average molecular weight is 469 g/mol. The molecule has 0 spiro atoms. The number of H-pyrrole nitrogens is 1. The number of Topliss-reactive ketones (excluding diaryl/α,β-unsaturated/α-hetero) is 1. The van der Waals surface area contributed by atoms with Crippen molar-refractivity contribution in [2.75, 3.05) is 0 Å². The first-order chi connectivity index (χ1) is 15.1. The zero-order chi connectivity index (χ0) is 22.9. The van der Waals surface area contributed by atoms with Crippen LogP contribution in [-0.4, -0.2) is 20.4 Å². The quantitative estimate of drug-likeness (QED) is 0.378. The van der Waals surface area contributed by atoms with Crippen molar-refractivity contribution in [3.63, 3.8) is 0 Å². The number of carbonyl (C=O) groups is 1. The zero-order valence-corrected chi connectivity index (χ0v) is 19.5. The number of aromatic nitrogens is 2. The number of ketones is 1. The van der Waals surface area contributed by atoms with Gasteiger partial charge in [0.05, 0.1) is 22.0 Å². The summed E-state index contributed by atoms with van der Waals surface area (Å²) in [6.07, 6.45) is 1.09. The first-order valence-electron chi connectivity index (χ1n) is 10.4. The number of benzene rings is 2. The number of nitrogens with zero attached hydrogens (tertiary/aromatic N) is 1. The second-order valence-electron chi connectivity index (χ2n) is 9.44. The molecule has 1 aliphatic carbocycles. The molecular weight excluding hydrogens is 447 g/mol. The maximum Gasteiger partial charge on any atom is 0.248 e. The zero-order valence-electron chi connectivity index (χ0n) is 18.0. The Balaban J connectivity index is 1.89. The van der Waals surface area contributed by atoms with Crippen LogP contribution in [0.15, 0.2) is 35.1 Å². The number of carbonyl (C=O) groups excluding carboxylic acids is 1. The van der Waals surface area contributed by atoms with Gasteiger partial charge in [-0.1, -0.05) is 43.1 Å². The number of aromatic hydroxyl groups is 1. The molecule has 0 amide bonds. The summed E-state index contributed by atoms with van der Waals surface area (Å²) >= 11 is 12.6. The molecule has 0 fully saturated rings. The Morgan fingerprint density at radius 1 is 1.09 bits per heavy atom. The summed E-state index contributed by atoms with van der Waals surface area (Å²) in [6, 6.07) is 8.64. The van der Waals surface area contributed by atoms with Crippen LogP contribution in [0.3, 0.4) is 0 Å². The van der Waals surface area contributed by atoms with E-state index in [4.69, 9.17) is 23.2 Å². The highest BCUT2D eigenvalue weighted by Gasteiger charge is 2.37. The van der Waals surface area contributed by atoms with Crippen molar-refractivity contribution in [3.8, 4) is 5.75 Å². The predicted octanol–water partition coefficient (Wildman–Crippen LogP) is 6.01. The lowest BCUT2D eigenvalue weighted by molar-refractivity contribution is 0.0911. The van der Waals surface area contributed by atoms with E-state index >= 15 is 0 Å². The van der Waals surface area contributed by atoms with Gasteiger partial charge in [-0.05, 0) is 48.1 Å². The van der Waals surface area contributed by atoms with Crippen LogP contribution in [0.25, 0.3) is 21.8 Å². The maximum absolute atomic E-state index is 13.3. The monoisotopic (exact) mass is 468 g/mol. The first-order valence-corrected chi connectivity index (χ1v) is 11.2. The number of aromatic amines is 1. The smallest absolute Gasteiger partial charge is 0.248 e. The predicted molar refractivity (Wildman–Crippen MR) is 128 cm³/mol. The maximum atomic E-state index is 13.3. The van der Waals surface area contributed by atoms with Crippen molar-refractivity contribution >= 4 is 50.8 Å². The summed E-state index contributed by atoms with van der Waals surface area (Å²) in [7, 11) is 0. The molecule has 7 heteroatoms. The Morgan fingerprint density at radius 2 is 1.84 bits per heavy atom. The molecule has 32 heavy (non-hydrogen) atoms. The standard InChI is InChI=1S/C25H22Cl2N2O3/c1-12-6-20(31)28-16-8-17-23(24(32)21(12)16)22-18(9-25(2,3)10-19(22)30)29(17)11-13-4-5-14(26)7-15(13)27/h4-8,32H,9-11H2,1-3H3,(H,28,31). The van der Waals surface area contributed by atoms with E-state index in [0.717, 1.165) is 11.3 Å². The van der Waals surface area contributed by atoms with E-state index in [1.807, 2.05) is 16.7 Å². The van der Waals surface area contributed by atoms with Crippen LogP contribution in [-0.2, 0) is 13.0 Å². The van der Waals surface area contributed by atoms with E-state index in [2.05, 4.69) is 18.8 Å². The topological polar surface area (TPSA) is 75.1 Å². The lowest BCUT2D eigenvalue weighted by atomic mass is 9.75. The van der Waals surface area contributed by atoms with E-state index in [-0.39, 0.29) is 22.5 Å². The highest BCUT2D eigenvalue weighted by Crippen LogP contribution is 2.45. The molecule has 0 bridgehead atoms. The SMILES string of the molecule is Cc1cc(=O)[nH]c2cc3c(c4c(n3Cc3ccc(Cl)cc3Cl)CC(C)(C)CC4=O)c(O)c12. The summed E-state index contributed by atoms with van der Waals surface area (Å²) < 4.78 is 2.04. The number of pyridine rings is 1. The number of phenols is 1. The number of aryl methyl sites for hydroxylation is 1. The van der Waals surface area contributed by atoms with E-state index in [0.29, 0.717) is 62.4 Å². The van der Waals surface area contributed by atoms with Crippen molar-refractivity contribution in [3.05, 3.63) is 73.1 Å². The Labute approximate surface area is 194 Å². The molecule has 2 N–H and O–H groups in total. The Bertz CT molecular complexity index is 1510. The second kappa shape index (κ2) is 7.12. The fraction of sp³-hybridized carbons (Fsp3) is 0.280. The fourth-order valence-electron chi connectivity index (χ4n) is 5.00. The van der Waals surface area contributed by atoms with Gasteiger partial charge in [-0.3, -0.25) is 9.59 Å². The number of rotatable bonds is 2.